The Kier molecular flexibility index (Phi) is 6.51. The summed E-state index contributed by atoms with van der Waals surface area (Å²) in [7, 11) is -3.63. The summed E-state index contributed by atoms with van der Waals surface area (Å²) in [4.78, 5) is 13.7. The summed E-state index contributed by atoms with van der Waals surface area (Å²) in [6, 6.07) is 20.5. The first kappa shape index (κ1) is 24.7. The SMILES string of the molecule is O=S(=O)(NCCCNc1nccc(-c2c(-c3ccc(F)cc3)nc3occn23)n1)c1ccc2ccccc2c1. The van der Waals surface area contributed by atoms with Crippen molar-refractivity contribution < 1.29 is 17.2 Å². The van der Waals surface area contributed by atoms with Crippen molar-refractivity contribution in [1.29, 1.82) is 0 Å². The summed E-state index contributed by atoms with van der Waals surface area (Å²) in [5.74, 6) is 0.431. The second kappa shape index (κ2) is 10.3. The standard InChI is InChI=1S/C28H23FN6O3S/c29-22-9-6-20(7-10-22)25-26(35-16-17-38-28(35)34-25)24-12-15-31-27(33-24)30-13-3-14-32-39(36,37)23-11-8-19-4-1-2-5-21(19)18-23/h1-2,4-12,15-18,32H,3,13-14H2,(H,30,31,33). The molecule has 6 rings (SSSR count). The molecule has 0 saturated carbocycles. The minimum atomic E-state index is -3.63. The van der Waals surface area contributed by atoms with Gasteiger partial charge in [-0.3, -0.25) is 4.40 Å². The Hall–Kier alpha value is -4.61. The topological polar surface area (TPSA) is 114 Å². The lowest BCUT2D eigenvalue weighted by Crippen LogP contribution is -2.26. The number of hydrogen-bond acceptors (Lipinski definition) is 7. The van der Waals surface area contributed by atoms with Gasteiger partial charge in [0.1, 0.15) is 23.5 Å². The van der Waals surface area contributed by atoms with Crippen molar-refractivity contribution in [2.75, 3.05) is 18.4 Å². The van der Waals surface area contributed by atoms with Gasteiger partial charge >= 0.3 is 5.84 Å². The Morgan fingerprint density at radius 3 is 2.59 bits per heavy atom. The van der Waals surface area contributed by atoms with E-state index >= 15 is 0 Å². The summed E-state index contributed by atoms with van der Waals surface area (Å²) < 4.78 is 48.9. The fraction of sp³-hybridized carbons (Fsp3) is 0.107. The molecule has 0 atom stereocenters. The minimum absolute atomic E-state index is 0.230. The zero-order valence-electron chi connectivity index (χ0n) is 20.6. The molecule has 9 nitrogen and oxygen atoms in total. The molecule has 0 saturated heterocycles. The normalized spacial score (nSPS) is 11.8. The number of sulfonamides is 1. The van der Waals surface area contributed by atoms with Crippen LogP contribution in [0.4, 0.5) is 10.3 Å². The van der Waals surface area contributed by atoms with Gasteiger partial charge in [0.25, 0.3) is 0 Å². The van der Waals surface area contributed by atoms with E-state index in [9.17, 15) is 12.8 Å². The molecule has 0 aliphatic rings. The third-order valence-corrected chi connectivity index (χ3v) is 7.70. The van der Waals surface area contributed by atoms with Crippen molar-refractivity contribution in [2.45, 2.75) is 11.3 Å². The fourth-order valence-corrected chi connectivity index (χ4v) is 5.44. The van der Waals surface area contributed by atoms with Gasteiger partial charge in [0.2, 0.25) is 16.0 Å². The van der Waals surface area contributed by atoms with E-state index in [1.165, 1.54) is 18.4 Å². The molecule has 196 valence electrons. The minimum Gasteiger partial charge on any atom is -0.432 e. The number of fused-ring (bicyclic) bond motifs is 2. The van der Waals surface area contributed by atoms with Crippen LogP contribution in [0.5, 0.6) is 0 Å². The number of rotatable bonds is 9. The van der Waals surface area contributed by atoms with E-state index < -0.39 is 10.0 Å². The van der Waals surface area contributed by atoms with Crippen LogP contribution in [0.25, 0.3) is 39.3 Å². The molecule has 0 spiro atoms. The zero-order chi connectivity index (χ0) is 26.8. The highest BCUT2D eigenvalue weighted by atomic mass is 32.2. The largest absolute Gasteiger partial charge is 0.432 e. The second-order valence-corrected chi connectivity index (χ2v) is 10.6. The van der Waals surface area contributed by atoms with E-state index in [0.29, 0.717) is 41.8 Å². The number of benzene rings is 3. The van der Waals surface area contributed by atoms with Gasteiger partial charge in [-0.15, -0.1) is 0 Å². The van der Waals surface area contributed by atoms with Gasteiger partial charge in [-0.25, -0.2) is 27.5 Å². The first-order valence-electron chi connectivity index (χ1n) is 12.3. The van der Waals surface area contributed by atoms with Crippen LogP contribution < -0.4 is 10.0 Å². The quantitative estimate of drug-likeness (QED) is 0.244. The maximum Gasteiger partial charge on any atom is 0.306 e. The van der Waals surface area contributed by atoms with Crippen molar-refractivity contribution in [1.82, 2.24) is 24.1 Å². The van der Waals surface area contributed by atoms with Crippen molar-refractivity contribution in [2.24, 2.45) is 0 Å². The number of halogens is 1. The molecule has 2 N–H and O–H groups in total. The number of oxazole rings is 1. The average Bonchev–Trinajstić information content (AvgIpc) is 3.55. The monoisotopic (exact) mass is 542 g/mol. The Balaban J connectivity index is 1.13. The summed E-state index contributed by atoms with van der Waals surface area (Å²) >= 11 is 0. The number of imidazole rings is 1. The van der Waals surface area contributed by atoms with Crippen molar-refractivity contribution >= 4 is 32.6 Å². The number of hydrogen-bond donors (Lipinski definition) is 2. The first-order valence-corrected chi connectivity index (χ1v) is 13.7. The summed E-state index contributed by atoms with van der Waals surface area (Å²) in [6.07, 6.45) is 5.40. The lowest BCUT2D eigenvalue weighted by molar-refractivity contribution is 0.580. The molecular formula is C28H23FN6O3S. The number of aromatic nitrogens is 4. The Morgan fingerprint density at radius 1 is 0.923 bits per heavy atom. The van der Waals surface area contributed by atoms with Crippen LogP contribution in [-0.2, 0) is 10.0 Å². The van der Waals surface area contributed by atoms with E-state index in [2.05, 4.69) is 25.0 Å². The fourth-order valence-electron chi connectivity index (χ4n) is 4.33. The molecule has 39 heavy (non-hydrogen) atoms. The number of nitrogens with one attached hydrogen (secondary N) is 2. The lowest BCUT2D eigenvalue weighted by Gasteiger charge is -2.09. The molecule has 3 aromatic carbocycles. The van der Waals surface area contributed by atoms with Crippen LogP contribution in [0.2, 0.25) is 0 Å². The zero-order valence-corrected chi connectivity index (χ0v) is 21.4. The van der Waals surface area contributed by atoms with Crippen LogP contribution in [0.1, 0.15) is 6.42 Å². The predicted molar refractivity (Wildman–Crippen MR) is 146 cm³/mol. The molecular weight excluding hydrogens is 519 g/mol. The first-order chi connectivity index (χ1) is 19.0. The van der Waals surface area contributed by atoms with Gasteiger partial charge in [-0.1, -0.05) is 30.3 Å². The molecule has 0 aliphatic heterocycles. The maximum absolute atomic E-state index is 13.5. The van der Waals surface area contributed by atoms with Crippen LogP contribution in [0, 0.1) is 5.82 Å². The summed E-state index contributed by atoms with van der Waals surface area (Å²) in [6.45, 7) is 0.691. The van der Waals surface area contributed by atoms with E-state index in [1.807, 2.05) is 24.3 Å². The number of anilines is 1. The molecule has 3 aromatic heterocycles. The predicted octanol–water partition coefficient (Wildman–Crippen LogP) is 5.12. The van der Waals surface area contributed by atoms with E-state index in [-0.39, 0.29) is 17.3 Å². The van der Waals surface area contributed by atoms with E-state index in [1.54, 1.807) is 53.2 Å². The van der Waals surface area contributed by atoms with Gasteiger partial charge in [0, 0.05) is 31.0 Å². The molecule has 0 radical (unpaired) electrons. The Labute approximate surface area is 223 Å². The highest BCUT2D eigenvalue weighted by molar-refractivity contribution is 7.89. The highest BCUT2D eigenvalue weighted by Gasteiger charge is 2.19. The van der Waals surface area contributed by atoms with Crippen molar-refractivity contribution in [3.05, 3.63) is 97.3 Å². The van der Waals surface area contributed by atoms with Gasteiger partial charge in [0.05, 0.1) is 10.6 Å². The van der Waals surface area contributed by atoms with Gasteiger partial charge in [-0.2, -0.15) is 4.98 Å². The Bertz CT molecular complexity index is 1880. The second-order valence-electron chi connectivity index (χ2n) is 8.82. The molecule has 0 bridgehead atoms. The van der Waals surface area contributed by atoms with Gasteiger partial charge < -0.3 is 9.73 Å². The lowest BCUT2D eigenvalue weighted by atomic mass is 10.1. The maximum atomic E-state index is 13.5. The van der Waals surface area contributed by atoms with Crippen molar-refractivity contribution in [3.8, 4) is 22.6 Å². The van der Waals surface area contributed by atoms with Gasteiger partial charge in [-0.05, 0) is 59.7 Å². The molecule has 6 aromatic rings. The molecule has 0 unspecified atom stereocenters. The molecule has 3 heterocycles. The summed E-state index contributed by atoms with van der Waals surface area (Å²) in [5.41, 5.74) is 2.59. The third kappa shape index (κ3) is 5.09. The van der Waals surface area contributed by atoms with Crippen LogP contribution >= 0.6 is 0 Å². The highest BCUT2D eigenvalue weighted by Crippen LogP contribution is 2.32. The molecule has 11 heteroatoms. The van der Waals surface area contributed by atoms with Crippen LogP contribution in [0.3, 0.4) is 0 Å². The number of nitrogens with zero attached hydrogens (tertiary/aromatic N) is 4. The molecule has 0 amide bonds. The average molecular weight is 543 g/mol. The van der Waals surface area contributed by atoms with Crippen LogP contribution in [-0.4, -0.2) is 40.9 Å². The molecule has 0 fully saturated rings. The smallest absolute Gasteiger partial charge is 0.306 e. The Morgan fingerprint density at radius 2 is 1.74 bits per heavy atom. The van der Waals surface area contributed by atoms with Crippen molar-refractivity contribution in [3.63, 3.8) is 0 Å². The summed E-state index contributed by atoms with van der Waals surface area (Å²) in [5, 5.41) is 5.00. The van der Waals surface area contributed by atoms with Crippen LogP contribution in [0.15, 0.2) is 101 Å². The van der Waals surface area contributed by atoms with E-state index in [4.69, 9.17) is 4.42 Å². The van der Waals surface area contributed by atoms with Gasteiger partial charge in [0.15, 0.2) is 0 Å². The van der Waals surface area contributed by atoms with E-state index in [0.717, 1.165) is 16.3 Å². The third-order valence-electron chi connectivity index (χ3n) is 6.24. The molecule has 0 aliphatic carbocycles.